The molecule has 0 amide bonds. The first kappa shape index (κ1) is 22.2. The number of unbranched alkanes of at least 4 members (excludes halogenated alkanes) is 11. The van der Waals surface area contributed by atoms with Crippen LogP contribution in [0.2, 0.25) is 0 Å². The van der Waals surface area contributed by atoms with Crippen LogP contribution >= 0.6 is 0 Å². The van der Waals surface area contributed by atoms with Gasteiger partial charge in [0.15, 0.2) is 0 Å². The molecule has 0 saturated heterocycles. The van der Waals surface area contributed by atoms with Crippen molar-refractivity contribution in [1.82, 2.24) is 0 Å². The Kier molecular flexibility index (Phi) is 17.9. The molecule has 0 aliphatic heterocycles. The Morgan fingerprint density at radius 2 is 0.947 bits per heavy atom. The number of rotatable bonds is 13. The first-order valence-corrected chi connectivity index (χ1v) is 8.10. The van der Waals surface area contributed by atoms with Gasteiger partial charge < -0.3 is 9.85 Å². The van der Waals surface area contributed by atoms with Crippen molar-refractivity contribution in [2.24, 2.45) is 0 Å². The van der Waals surface area contributed by atoms with E-state index in [9.17, 15) is 5.21 Å². The van der Waals surface area contributed by atoms with Crippen molar-refractivity contribution < 1.29 is 4.65 Å². The van der Waals surface area contributed by atoms with Crippen LogP contribution in [-0.2, 0) is 0 Å². The molecule has 0 N–H and O–H groups in total. The quantitative estimate of drug-likeness (QED) is 0.204. The van der Waals surface area contributed by atoms with E-state index in [1.807, 2.05) is 0 Å². The Balaban J connectivity index is 0. The van der Waals surface area contributed by atoms with E-state index >= 15 is 0 Å². The summed E-state index contributed by atoms with van der Waals surface area (Å²) in [5.74, 6) is 0. The number of quaternary nitrogens is 1. The molecule has 0 fully saturated rings. The predicted molar refractivity (Wildman–Crippen MR) is 87.2 cm³/mol. The molecule has 0 bridgehead atoms. The van der Waals surface area contributed by atoms with E-state index in [0.29, 0.717) is 0 Å². The van der Waals surface area contributed by atoms with Crippen LogP contribution in [0.5, 0.6) is 0 Å². The zero-order valence-corrected chi connectivity index (χ0v) is 16.0. The van der Waals surface area contributed by atoms with Gasteiger partial charge in [-0.25, -0.2) is 0 Å². The Hall–Kier alpha value is 0.920. The Morgan fingerprint density at radius 1 is 0.632 bits per heavy atom. The summed E-state index contributed by atoms with van der Waals surface area (Å²) in [7, 11) is 3.47. The van der Waals surface area contributed by atoms with Gasteiger partial charge in [0.25, 0.3) is 0 Å². The van der Waals surface area contributed by atoms with Crippen molar-refractivity contribution in [3.8, 4) is 0 Å². The molecule has 1 radical (unpaired) electrons. The fraction of sp³-hybridized carbons (Fsp3) is 1.00. The van der Waals surface area contributed by atoms with E-state index in [2.05, 4.69) is 6.92 Å². The van der Waals surface area contributed by atoms with Gasteiger partial charge in [0.05, 0.1) is 20.6 Å². The molecular formula is C16H35NNaO. The fourth-order valence-electron chi connectivity index (χ4n) is 2.33. The second-order valence-corrected chi connectivity index (χ2v) is 6.19. The van der Waals surface area contributed by atoms with Crippen LogP contribution in [0.4, 0.5) is 0 Å². The summed E-state index contributed by atoms with van der Waals surface area (Å²) in [6.07, 6.45) is 16.3. The van der Waals surface area contributed by atoms with Gasteiger partial charge in [-0.2, -0.15) is 0 Å². The maximum Gasteiger partial charge on any atom is 0.0779 e. The van der Waals surface area contributed by atoms with E-state index in [1.165, 1.54) is 70.6 Å². The molecule has 0 atom stereocenters. The third kappa shape index (κ3) is 21.4. The second-order valence-electron chi connectivity index (χ2n) is 6.19. The molecule has 3 heteroatoms. The molecule has 0 aromatic heterocycles. The first-order chi connectivity index (χ1) is 8.56. The minimum Gasteiger partial charge on any atom is -0.633 e. The van der Waals surface area contributed by atoms with Gasteiger partial charge in [-0.3, -0.25) is 0 Å². The zero-order chi connectivity index (χ0) is 13.7. The van der Waals surface area contributed by atoms with E-state index in [1.54, 1.807) is 14.1 Å². The van der Waals surface area contributed by atoms with Gasteiger partial charge in [-0.05, 0) is 12.8 Å². The molecule has 0 rings (SSSR count). The number of hydrogen-bond acceptors (Lipinski definition) is 1. The maximum atomic E-state index is 11.3. The van der Waals surface area contributed by atoms with E-state index in [4.69, 9.17) is 0 Å². The van der Waals surface area contributed by atoms with Crippen LogP contribution in [0.3, 0.4) is 0 Å². The largest absolute Gasteiger partial charge is 0.633 e. The van der Waals surface area contributed by atoms with Crippen LogP contribution in [-0.4, -0.2) is 54.8 Å². The molecule has 0 aromatic rings. The van der Waals surface area contributed by atoms with Crippen LogP contribution in [0.15, 0.2) is 0 Å². The van der Waals surface area contributed by atoms with Crippen LogP contribution in [0.25, 0.3) is 0 Å². The summed E-state index contributed by atoms with van der Waals surface area (Å²) >= 11 is 0. The van der Waals surface area contributed by atoms with Crippen molar-refractivity contribution in [3.05, 3.63) is 5.21 Å². The summed E-state index contributed by atoms with van der Waals surface area (Å²) in [5, 5.41) is 11.3. The minimum atomic E-state index is -0.127. The molecule has 19 heavy (non-hydrogen) atoms. The summed E-state index contributed by atoms with van der Waals surface area (Å²) in [6.45, 7) is 3.05. The third-order valence-electron chi connectivity index (χ3n) is 3.55. The number of nitrogens with zero attached hydrogens (tertiary/aromatic N) is 1. The number of hydroxylamine groups is 3. The molecule has 0 saturated carbocycles. The second kappa shape index (κ2) is 15.3. The number of hydrogen-bond donors (Lipinski definition) is 0. The predicted octanol–water partition coefficient (Wildman–Crippen LogP) is 4.88. The topological polar surface area (TPSA) is 23.1 Å². The molecule has 0 spiro atoms. The zero-order valence-electron chi connectivity index (χ0n) is 14.0. The van der Waals surface area contributed by atoms with Crippen molar-refractivity contribution >= 4 is 29.6 Å². The van der Waals surface area contributed by atoms with Crippen LogP contribution in [0.1, 0.15) is 84.0 Å². The van der Waals surface area contributed by atoms with E-state index in [0.717, 1.165) is 13.0 Å². The molecule has 111 valence electrons. The minimum absolute atomic E-state index is 0. The summed E-state index contributed by atoms with van der Waals surface area (Å²) in [6, 6.07) is 0. The smallest absolute Gasteiger partial charge is 0.0779 e. The molecule has 0 aliphatic rings. The van der Waals surface area contributed by atoms with Crippen molar-refractivity contribution in [1.29, 1.82) is 0 Å². The summed E-state index contributed by atoms with van der Waals surface area (Å²) in [5.41, 5.74) is 0. The van der Waals surface area contributed by atoms with Gasteiger partial charge in [0, 0.05) is 29.6 Å². The van der Waals surface area contributed by atoms with Gasteiger partial charge in [0.2, 0.25) is 0 Å². The molecule has 0 aliphatic carbocycles. The molecular weight excluding hydrogens is 245 g/mol. The summed E-state index contributed by atoms with van der Waals surface area (Å²) in [4.78, 5) is 0. The van der Waals surface area contributed by atoms with Gasteiger partial charge >= 0.3 is 0 Å². The average Bonchev–Trinajstić information content (AvgIpc) is 2.29. The van der Waals surface area contributed by atoms with Crippen LogP contribution < -0.4 is 0 Å². The van der Waals surface area contributed by atoms with E-state index in [-0.39, 0.29) is 34.2 Å². The van der Waals surface area contributed by atoms with Gasteiger partial charge in [-0.15, -0.1) is 0 Å². The average molecular weight is 280 g/mol. The van der Waals surface area contributed by atoms with Crippen LogP contribution in [0, 0.1) is 5.21 Å². The first-order valence-electron chi connectivity index (χ1n) is 8.10. The van der Waals surface area contributed by atoms with Gasteiger partial charge in [0.1, 0.15) is 0 Å². The summed E-state index contributed by atoms with van der Waals surface area (Å²) < 4.78 is -0.127. The Bertz CT molecular complexity index is 169. The molecule has 0 heterocycles. The Labute approximate surface area is 143 Å². The van der Waals surface area contributed by atoms with Crippen molar-refractivity contribution in [2.45, 2.75) is 84.0 Å². The molecule has 0 aromatic carbocycles. The maximum absolute atomic E-state index is 11.3. The normalized spacial score (nSPS) is 11.4. The molecule has 2 nitrogen and oxygen atoms in total. The fourth-order valence-corrected chi connectivity index (χ4v) is 2.33. The van der Waals surface area contributed by atoms with E-state index < -0.39 is 0 Å². The Morgan fingerprint density at radius 3 is 1.26 bits per heavy atom. The van der Waals surface area contributed by atoms with Crippen molar-refractivity contribution in [2.75, 3.05) is 20.6 Å². The third-order valence-corrected chi connectivity index (χ3v) is 3.55. The van der Waals surface area contributed by atoms with Crippen molar-refractivity contribution in [3.63, 3.8) is 0 Å². The van der Waals surface area contributed by atoms with Gasteiger partial charge in [-0.1, -0.05) is 71.1 Å². The molecule has 0 unspecified atom stereocenters. The SMILES string of the molecule is CCCCCCCCCCCCCC[N+](C)(C)[O-].[Na]. The standard InChI is InChI=1S/C16H35NO.Na/c1-4-5-6-7-8-9-10-11-12-13-14-15-16-17(2,3)18;/h4-16H2,1-3H3;. The monoisotopic (exact) mass is 280 g/mol.